The Bertz CT molecular complexity index is 1100. The number of H-pyrrole nitrogens is 1. The van der Waals surface area contributed by atoms with Crippen molar-refractivity contribution >= 4 is 23.7 Å². The van der Waals surface area contributed by atoms with E-state index in [4.69, 9.17) is 4.74 Å². The van der Waals surface area contributed by atoms with Gasteiger partial charge in [0.05, 0.1) is 24.4 Å². The number of ketones is 1. The van der Waals surface area contributed by atoms with E-state index in [0.29, 0.717) is 23.2 Å². The Labute approximate surface area is 179 Å². The van der Waals surface area contributed by atoms with Crippen LogP contribution in [0.3, 0.4) is 0 Å². The number of aryl methyl sites for hydroxylation is 2. The van der Waals surface area contributed by atoms with E-state index in [0.717, 1.165) is 28.9 Å². The average molecular weight is 423 g/mol. The van der Waals surface area contributed by atoms with Crippen molar-refractivity contribution in [2.45, 2.75) is 45.6 Å². The quantitative estimate of drug-likeness (QED) is 0.437. The largest absolute Gasteiger partial charge is 0.462 e. The second-order valence-electron chi connectivity index (χ2n) is 8.01. The molecular formula is C23H25N3O5. The zero-order chi connectivity index (χ0) is 22.3. The van der Waals surface area contributed by atoms with Gasteiger partial charge in [0.1, 0.15) is 5.54 Å². The minimum atomic E-state index is -1.12. The van der Waals surface area contributed by atoms with E-state index in [-0.39, 0.29) is 12.3 Å². The lowest BCUT2D eigenvalue weighted by Gasteiger charge is -2.33. The Morgan fingerprint density at radius 1 is 1.19 bits per heavy atom. The number of urea groups is 1. The van der Waals surface area contributed by atoms with Gasteiger partial charge in [0, 0.05) is 5.69 Å². The van der Waals surface area contributed by atoms with Gasteiger partial charge >= 0.3 is 12.0 Å². The van der Waals surface area contributed by atoms with Crippen LogP contribution in [0.4, 0.5) is 4.79 Å². The molecule has 0 radical (unpaired) electrons. The fourth-order valence-corrected chi connectivity index (χ4v) is 4.72. The number of aromatic nitrogens is 1. The zero-order valence-electron chi connectivity index (χ0n) is 17.8. The van der Waals surface area contributed by atoms with E-state index in [9.17, 15) is 19.2 Å². The maximum absolute atomic E-state index is 13.4. The fraction of sp³-hybridized carbons (Fsp3) is 0.391. The third-order valence-corrected chi connectivity index (χ3v) is 6.15. The Morgan fingerprint density at radius 2 is 1.94 bits per heavy atom. The highest BCUT2D eigenvalue weighted by Crippen LogP contribution is 2.40. The van der Waals surface area contributed by atoms with E-state index in [1.165, 1.54) is 0 Å². The number of aromatic amines is 1. The normalized spacial score (nSPS) is 20.0. The van der Waals surface area contributed by atoms with Gasteiger partial charge in [-0.25, -0.2) is 9.59 Å². The first-order valence-corrected chi connectivity index (χ1v) is 10.4. The number of fused-ring (bicyclic) bond motifs is 2. The van der Waals surface area contributed by atoms with Crippen LogP contribution in [-0.2, 0) is 21.5 Å². The van der Waals surface area contributed by atoms with E-state index >= 15 is 0 Å². The SMILES string of the molecule is CCOC(=O)c1c(C)[nH]c(C(=O)CN2C(=O)NC3(CCCc4ccccc43)C2=O)c1C. The molecule has 8 heteroatoms. The van der Waals surface area contributed by atoms with Gasteiger partial charge in [-0.1, -0.05) is 24.3 Å². The minimum absolute atomic E-state index is 0.200. The molecule has 1 aliphatic heterocycles. The van der Waals surface area contributed by atoms with Crippen LogP contribution in [0, 0.1) is 13.8 Å². The van der Waals surface area contributed by atoms with Crippen LogP contribution in [0.1, 0.15) is 63.0 Å². The van der Waals surface area contributed by atoms with Crippen LogP contribution in [0.2, 0.25) is 0 Å². The predicted octanol–water partition coefficient (Wildman–Crippen LogP) is 2.77. The first kappa shape index (κ1) is 20.8. The fourth-order valence-electron chi connectivity index (χ4n) is 4.72. The molecule has 3 amide bonds. The van der Waals surface area contributed by atoms with Crippen molar-refractivity contribution in [3.8, 4) is 0 Å². The molecule has 2 heterocycles. The number of rotatable bonds is 5. The molecule has 1 aromatic carbocycles. The summed E-state index contributed by atoms with van der Waals surface area (Å²) < 4.78 is 5.06. The summed E-state index contributed by atoms with van der Waals surface area (Å²) >= 11 is 0. The number of hydrogen-bond donors (Lipinski definition) is 2. The highest BCUT2D eigenvalue weighted by molar-refractivity contribution is 6.12. The molecule has 31 heavy (non-hydrogen) atoms. The van der Waals surface area contributed by atoms with E-state index in [1.807, 2.05) is 24.3 Å². The number of hydrogen-bond acceptors (Lipinski definition) is 5. The molecule has 1 saturated heterocycles. The number of nitrogens with one attached hydrogen (secondary N) is 2. The van der Waals surface area contributed by atoms with Crippen LogP contribution in [0.5, 0.6) is 0 Å². The molecule has 8 nitrogen and oxygen atoms in total. The average Bonchev–Trinajstić information content (AvgIpc) is 3.16. The van der Waals surface area contributed by atoms with Crippen molar-refractivity contribution in [2.75, 3.05) is 13.2 Å². The molecular weight excluding hydrogens is 398 g/mol. The topological polar surface area (TPSA) is 109 Å². The number of amides is 3. The summed E-state index contributed by atoms with van der Waals surface area (Å²) in [4.78, 5) is 55.2. The number of carbonyl (C=O) groups is 4. The van der Waals surface area contributed by atoms with Crippen LogP contribution in [-0.4, -0.2) is 46.7 Å². The lowest BCUT2D eigenvalue weighted by atomic mass is 9.76. The summed E-state index contributed by atoms with van der Waals surface area (Å²) in [6, 6.07) is 7.01. The molecule has 0 saturated carbocycles. The first-order chi connectivity index (χ1) is 14.8. The van der Waals surface area contributed by atoms with Gasteiger partial charge in [0.2, 0.25) is 0 Å². The third kappa shape index (κ3) is 3.22. The lowest BCUT2D eigenvalue weighted by Crippen LogP contribution is -2.46. The van der Waals surface area contributed by atoms with Crippen molar-refractivity contribution < 1.29 is 23.9 Å². The Balaban J connectivity index is 1.61. The van der Waals surface area contributed by atoms with Crippen molar-refractivity contribution in [3.05, 3.63) is 57.9 Å². The predicted molar refractivity (Wildman–Crippen MR) is 112 cm³/mol. The van der Waals surface area contributed by atoms with E-state index < -0.39 is 35.8 Å². The van der Waals surface area contributed by atoms with Crippen LogP contribution >= 0.6 is 0 Å². The smallest absolute Gasteiger partial charge is 0.340 e. The first-order valence-electron chi connectivity index (χ1n) is 10.4. The molecule has 2 N–H and O–H groups in total. The summed E-state index contributed by atoms with van der Waals surface area (Å²) in [5.41, 5.74) is 2.17. The number of imide groups is 1. The number of esters is 1. The Morgan fingerprint density at radius 3 is 2.68 bits per heavy atom. The molecule has 1 spiro atoms. The van der Waals surface area contributed by atoms with Crippen molar-refractivity contribution in [2.24, 2.45) is 0 Å². The number of Topliss-reactive ketones (excluding diaryl/α,β-unsaturated/α-hetero) is 1. The number of benzene rings is 1. The highest BCUT2D eigenvalue weighted by Gasteiger charge is 2.54. The van der Waals surface area contributed by atoms with Gasteiger partial charge in [-0.2, -0.15) is 0 Å². The van der Waals surface area contributed by atoms with Gasteiger partial charge < -0.3 is 15.0 Å². The van der Waals surface area contributed by atoms with Crippen molar-refractivity contribution in [3.63, 3.8) is 0 Å². The number of nitrogens with zero attached hydrogens (tertiary/aromatic N) is 1. The van der Waals surface area contributed by atoms with Crippen LogP contribution in [0.25, 0.3) is 0 Å². The molecule has 2 aromatic rings. The Hall–Kier alpha value is -3.42. The molecule has 1 aliphatic carbocycles. The van der Waals surface area contributed by atoms with Gasteiger partial charge in [0.25, 0.3) is 5.91 Å². The maximum Gasteiger partial charge on any atom is 0.340 e. The van der Waals surface area contributed by atoms with Gasteiger partial charge in [-0.15, -0.1) is 0 Å². The summed E-state index contributed by atoms with van der Waals surface area (Å²) in [6.07, 6.45) is 2.10. The van der Waals surface area contributed by atoms with Crippen LogP contribution in [0.15, 0.2) is 24.3 Å². The monoisotopic (exact) mass is 423 g/mol. The van der Waals surface area contributed by atoms with Gasteiger partial charge in [-0.3, -0.25) is 14.5 Å². The van der Waals surface area contributed by atoms with Crippen LogP contribution < -0.4 is 5.32 Å². The highest BCUT2D eigenvalue weighted by atomic mass is 16.5. The second kappa shape index (κ2) is 7.68. The Kier molecular flexibility index (Phi) is 5.16. The summed E-state index contributed by atoms with van der Waals surface area (Å²) in [7, 11) is 0. The maximum atomic E-state index is 13.4. The van der Waals surface area contributed by atoms with E-state index in [2.05, 4.69) is 10.3 Å². The standard InChI is InChI=1S/C23H25N3O5/c1-4-31-20(28)18-13(2)19(24-14(18)3)17(27)12-26-21(29)23(25-22(26)30)11-7-9-15-8-5-6-10-16(15)23/h5-6,8,10,24H,4,7,9,11-12H2,1-3H3,(H,25,30). The number of carbonyl (C=O) groups excluding carboxylic acids is 4. The molecule has 4 rings (SSSR count). The molecule has 1 unspecified atom stereocenters. The van der Waals surface area contributed by atoms with Crippen molar-refractivity contribution in [1.29, 1.82) is 0 Å². The van der Waals surface area contributed by atoms with Crippen molar-refractivity contribution in [1.82, 2.24) is 15.2 Å². The summed E-state index contributed by atoms with van der Waals surface area (Å²) in [6.45, 7) is 4.85. The molecule has 1 atom stereocenters. The second-order valence-corrected chi connectivity index (χ2v) is 8.01. The van der Waals surface area contributed by atoms with Gasteiger partial charge in [-0.05, 0) is 56.7 Å². The zero-order valence-corrected chi connectivity index (χ0v) is 17.8. The molecule has 1 fully saturated rings. The summed E-state index contributed by atoms with van der Waals surface area (Å²) in [5, 5.41) is 2.85. The molecule has 162 valence electrons. The lowest BCUT2D eigenvalue weighted by molar-refractivity contribution is -0.131. The molecule has 0 bridgehead atoms. The van der Waals surface area contributed by atoms with Gasteiger partial charge in [0.15, 0.2) is 5.78 Å². The third-order valence-electron chi connectivity index (χ3n) is 6.15. The van der Waals surface area contributed by atoms with E-state index in [1.54, 1.807) is 20.8 Å². The molecule has 2 aliphatic rings. The molecule has 1 aromatic heterocycles. The number of ether oxygens (including phenoxy) is 1. The summed E-state index contributed by atoms with van der Waals surface area (Å²) in [5.74, 6) is -1.37. The minimum Gasteiger partial charge on any atom is -0.462 e.